The molecule has 1 saturated heterocycles. The second-order valence-electron chi connectivity index (χ2n) is 9.34. The fourth-order valence-electron chi connectivity index (χ4n) is 5.14. The molecule has 0 spiro atoms. The molecule has 1 amide bonds. The molecule has 4 heterocycles. The van der Waals surface area contributed by atoms with E-state index in [1.807, 2.05) is 11.5 Å². The highest BCUT2D eigenvalue weighted by atomic mass is 32.2. The zero-order chi connectivity index (χ0) is 26.2. The zero-order valence-electron chi connectivity index (χ0n) is 21.2. The van der Waals surface area contributed by atoms with Crippen molar-refractivity contribution in [1.29, 1.82) is 0 Å². The van der Waals surface area contributed by atoms with E-state index in [4.69, 9.17) is 4.74 Å². The summed E-state index contributed by atoms with van der Waals surface area (Å²) in [7, 11) is -1.73. The molecule has 11 nitrogen and oxygen atoms in total. The second kappa shape index (κ2) is 10.0. The quantitative estimate of drug-likeness (QED) is 0.489. The molecule has 1 fully saturated rings. The molecule has 0 saturated carbocycles. The predicted molar refractivity (Wildman–Crippen MR) is 136 cm³/mol. The number of fused-ring (bicyclic) bond motifs is 1. The maximum atomic E-state index is 13.4. The average Bonchev–Trinajstić information content (AvgIpc) is 3.13. The van der Waals surface area contributed by atoms with E-state index in [9.17, 15) is 18.0 Å². The number of aromatic nitrogens is 4. The van der Waals surface area contributed by atoms with Crippen LogP contribution in [0.5, 0.6) is 5.75 Å². The summed E-state index contributed by atoms with van der Waals surface area (Å²) in [6.07, 6.45) is 5.75. The van der Waals surface area contributed by atoms with Gasteiger partial charge in [0.2, 0.25) is 10.0 Å². The lowest BCUT2D eigenvalue weighted by Gasteiger charge is -2.34. The number of ether oxygens (including phenoxy) is 1. The molecule has 194 valence electrons. The number of methoxy groups -OCH3 is 1. The first-order valence-electron chi connectivity index (χ1n) is 11.8. The summed E-state index contributed by atoms with van der Waals surface area (Å²) >= 11 is 0. The van der Waals surface area contributed by atoms with Crippen molar-refractivity contribution in [3.05, 3.63) is 51.5 Å². The minimum Gasteiger partial charge on any atom is -0.496 e. The van der Waals surface area contributed by atoms with Gasteiger partial charge >= 0.3 is 0 Å². The molecular weight excluding hydrogens is 484 g/mol. The van der Waals surface area contributed by atoms with E-state index < -0.39 is 10.0 Å². The SMILES string of the molecule is COc1cc(C)[nH]c(=O)c1CNC(=O)c1c(C)n(C(C)C2CCN(S(C)(=O)=O)CC2)c2ncncc12. The third-order valence-corrected chi connectivity index (χ3v) is 8.37. The molecule has 36 heavy (non-hydrogen) atoms. The van der Waals surface area contributed by atoms with Gasteiger partial charge in [-0.25, -0.2) is 22.7 Å². The molecule has 1 aliphatic rings. The van der Waals surface area contributed by atoms with E-state index >= 15 is 0 Å². The topological polar surface area (TPSA) is 139 Å². The van der Waals surface area contributed by atoms with Crippen LogP contribution in [-0.4, -0.2) is 64.6 Å². The Morgan fingerprint density at radius 1 is 1.31 bits per heavy atom. The normalized spacial score (nSPS) is 16.2. The minimum absolute atomic E-state index is 0.00305. The third kappa shape index (κ3) is 4.87. The Bertz CT molecular complexity index is 1450. The maximum Gasteiger partial charge on any atom is 0.256 e. The predicted octanol–water partition coefficient (Wildman–Crippen LogP) is 1.91. The van der Waals surface area contributed by atoms with E-state index in [-0.39, 0.29) is 30.0 Å². The second-order valence-corrected chi connectivity index (χ2v) is 11.3. The van der Waals surface area contributed by atoms with Gasteiger partial charge in [0.15, 0.2) is 0 Å². The van der Waals surface area contributed by atoms with Crippen molar-refractivity contribution in [3.8, 4) is 5.75 Å². The number of carbonyl (C=O) groups is 1. The monoisotopic (exact) mass is 516 g/mol. The summed E-state index contributed by atoms with van der Waals surface area (Å²) < 4.78 is 32.7. The Morgan fingerprint density at radius 2 is 2.00 bits per heavy atom. The van der Waals surface area contributed by atoms with Crippen molar-refractivity contribution in [2.75, 3.05) is 26.5 Å². The van der Waals surface area contributed by atoms with E-state index in [1.165, 1.54) is 24.0 Å². The number of nitrogens with zero attached hydrogens (tertiary/aromatic N) is 4. The molecule has 0 bridgehead atoms. The number of H-pyrrole nitrogens is 1. The molecule has 0 radical (unpaired) electrons. The van der Waals surface area contributed by atoms with E-state index in [0.717, 1.165) is 18.5 Å². The van der Waals surface area contributed by atoms with Crippen molar-refractivity contribution in [1.82, 2.24) is 29.1 Å². The van der Waals surface area contributed by atoms with Gasteiger partial charge in [0.1, 0.15) is 17.7 Å². The summed E-state index contributed by atoms with van der Waals surface area (Å²) in [6, 6.07) is 1.70. The van der Waals surface area contributed by atoms with Gasteiger partial charge in [0.25, 0.3) is 11.5 Å². The first-order valence-corrected chi connectivity index (χ1v) is 13.7. The van der Waals surface area contributed by atoms with Crippen molar-refractivity contribution in [2.45, 2.75) is 46.2 Å². The Labute approximate surface area is 209 Å². The molecule has 0 aliphatic carbocycles. The molecule has 1 atom stereocenters. The smallest absolute Gasteiger partial charge is 0.256 e. The molecule has 3 aromatic heterocycles. The molecule has 2 N–H and O–H groups in total. The lowest BCUT2D eigenvalue weighted by atomic mass is 9.91. The third-order valence-electron chi connectivity index (χ3n) is 7.07. The number of hydrogen-bond donors (Lipinski definition) is 2. The Balaban J connectivity index is 1.62. The van der Waals surface area contributed by atoms with E-state index in [1.54, 1.807) is 19.2 Å². The van der Waals surface area contributed by atoms with Crippen molar-refractivity contribution < 1.29 is 17.9 Å². The minimum atomic E-state index is -3.21. The number of piperidine rings is 1. The van der Waals surface area contributed by atoms with Crippen LogP contribution in [-0.2, 0) is 16.6 Å². The Kier molecular flexibility index (Phi) is 7.19. The van der Waals surface area contributed by atoms with Gasteiger partial charge in [-0.15, -0.1) is 0 Å². The number of hydrogen-bond acceptors (Lipinski definition) is 7. The summed E-state index contributed by atoms with van der Waals surface area (Å²) in [4.78, 5) is 37.2. The standard InChI is InChI=1S/C24H32N6O5S/c1-14-10-20(35-4)18(23(31)28-14)12-26-24(32)21-16(3)30(22-19(21)11-25-13-27-22)15(2)17-6-8-29(9-7-17)36(5,33)34/h10-11,13,15,17H,6-9,12H2,1-5H3,(H,26,32)(H,28,31). The maximum absolute atomic E-state index is 13.4. The van der Waals surface area contributed by atoms with Gasteiger partial charge in [-0.05, 0) is 45.6 Å². The lowest BCUT2D eigenvalue weighted by molar-refractivity contribution is 0.0951. The number of nitrogens with one attached hydrogen (secondary N) is 2. The van der Waals surface area contributed by atoms with Crippen molar-refractivity contribution in [3.63, 3.8) is 0 Å². The molecule has 4 rings (SSSR count). The van der Waals surface area contributed by atoms with Crippen LogP contribution in [0.3, 0.4) is 0 Å². The number of rotatable bonds is 7. The van der Waals surface area contributed by atoms with Crippen LogP contribution < -0.4 is 15.6 Å². The Morgan fingerprint density at radius 3 is 2.64 bits per heavy atom. The number of amides is 1. The summed E-state index contributed by atoms with van der Waals surface area (Å²) in [6.45, 7) is 6.65. The summed E-state index contributed by atoms with van der Waals surface area (Å²) in [5.74, 6) is 0.291. The number of pyridine rings is 1. The highest BCUT2D eigenvalue weighted by Gasteiger charge is 2.32. The van der Waals surface area contributed by atoms with Crippen LogP contribution in [0, 0.1) is 19.8 Å². The highest BCUT2D eigenvalue weighted by molar-refractivity contribution is 7.88. The van der Waals surface area contributed by atoms with Crippen LogP contribution in [0.15, 0.2) is 23.4 Å². The number of sulfonamides is 1. The number of carbonyl (C=O) groups excluding carboxylic acids is 1. The zero-order valence-corrected chi connectivity index (χ0v) is 22.0. The van der Waals surface area contributed by atoms with Gasteiger partial charge in [-0.1, -0.05) is 0 Å². The number of aromatic amines is 1. The van der Waals surface area contributed by atoms with E-state index in [0.29, 0.717) is 46.7 Å². The fraction of sp³-hybridized carbons (Fsp3) is 0.500. The number of aryl methyl sites for hydroxylation is 1. The summed E-state index contributed by atoms with van der Waals surface area (Å²) in [5.41, 5.74) is 2.53. The fourth-order valence-corrected chi connectivity index (χ4v) is 6.02. The molecule has 3 aromatic rings. The van der Waals surface area contributed by atoms with Crippen LogP contribution in [0.4, 0.5) is 0 Å². The van der Waals surface area contributed by atoms with Gasteiger partial charge in [-0.3, -0.25) is 9.59 Å². The van der Waals surface area contributed by atoms with Crippen LogP contribution in [0.1, 0.15) is 53.1 Å². The van der Waals surface area contributed by atoms with Crippen LogP contribution >= 0.6 is 0 Å². The molecular formula is C24H32N6O5S. The molecule has 1 aliphatic heterocycles. The van der Waals surface area contributed by atoms with Crippen LogP contribution in [0.25, 0.3) is 11.0 Å². The van der Waals surface area contributed by atoms with Gasteiger partial charge < -0.3 is 19.6 Å². The van der Waals surface area contributed by atoms with Gasteiger partial charge in [-0.2, -0.15) is 0 Å². The lowest BCUT2D eigenvalue weighted by Crippen LogP contribution is -2.39. The first kappa shape index (κ1) is 25.8. The van der Waals surface area contributed by atoms with Gasteiger partial charge in [0, 0.05) is 36.7 Å². The highest BCUT2D eigenvalue weighted by Crippen LogP contribution is 2.35. The molecule has 12 heteroatoms. The average molecular weight is 517 g/mol. The van der Waals surface area contributed by atoms with Crippen molar-refractivity contribution in [2.24, 2.45) is 5.92 Å². The molecule has 0 aromatic carbocycles. The van der Waals surface area contributed by atoms with Crippen molar-refractivity contribution >= 4 is 27.0 Å². The largest absolute Gasteiger partial charge is 0.496 e. The Hall–Kier alpha value is -3.25. The summed E-state index contributed by atoms with van der Waals surface area (Å²) in [5, 5.41) is 3.48. The van der Waals surface area contributed by atoms with E-state index in [2.05, 4.69) is 27.2 Å². The van der Waals surface area contributed by atoms with Crippen LogP contribution in [0.2, 0.25) is 0 Å². The van der Waals surface area contributed by atoms with Gasteiger partial charge in [0.05, 0.1) is 36.4 Å². The first-order chi connectivity index (χ1) is 17.0. The molecule has 1 unspecified atom stereocenters.